The van der Waals surface area contributed by atoms with Crippen molar-refractivity contribution in [3.63, 3.8) is 0 Å². The summed E-state index contributed by atoms with van der Waals surface area (Å²) in [5, 5.41) is 23.6. The second-order valence-corrected chi connectivity index (χ2v) is 11.5. The largest absolute Gasteiger partial charge is 0.489 e. The Balaban J connectivity index is 1.44. The number of hydrogen-bond acceptors (Lipinski definition) is 7. The van der Waals surface area contributed by atoms with E-state index in [4.69, 9.17) is 15.2 Å². The number of nitrogens with zero attached hydrogens (tertiary/aromatic N) is 1. The molecule has 0 spiro atoms. The molecule has 0 bridgehead atoms. The number of esters is 1. The Morgan fingerprint density at radius 1 is 1.18 bits per heavy atom. The van der Waals surface area contributed by atoms with Crippen LogP contribution in [0.15, 0.2) is 42.5 Å². The van der Waals surface area contributed by atoms with Crippen LogP contribution in [0.1, 0.15) is 62.8 Å². The van der Waals surface area contributed by atoms with Gasteiger partial charge in [-0.3, -0.25) is 4.79 Å². The van der Waals surface area contributed by atoms with Crippen LogP contribution in [0.25, 0.3) is 0 Å². The molecule has 0 radical (unpaired) electrons. The minimum Gasteiger partial charge on any atom is -0.489 e. The first-order chi connectivity index (χ1) is 18.1. The number of nitrogens with two attached hydrogens (primary N) is 1. The van der Waals surface area contributed by atoms with Crippen molar-refractivity contribution >= 4 is 5.97 Å². The number of β-amino-alcohol motifs (C(OH)–C–C–N with tert-alkyl or cyclic N) is 1. The number of fused-ring (bicyclic) bond motifs is 1. The molecule has 1 aliphatic rings. The van der Waals surface area contributed by atoms with Crippen LogP contribution in [0.2, 0.25) is 0 Å². The van der Waals surface area contributed by atoms with Crippen molar-refractivity contribution in [1.82, 2.24) is 5.32 Å². The third-order valence-electron chi connectivity index (χ3n) is 7.26. The Kier molecular flexibility index (Phi) is 10.7. The monoisotopic (exact) mass is 521 g/mol. The zero-order valence-electron chi connectivity index (χ0n) is 23.2. The smallest absolute Gasteiger partial charge is 0.306 e. The van der Waals surface area contributed by atoms with Gasteiger partial charge in [0.05, 0.1) is 5.56 Å². The van der Waals surface area contributed by atoms with E-state index in [0.29, 0.717) is 30.2 Å². The van der Waals surface area contributed by atoms with E-state index in [9.17, 15) is 15.2 Å². The van der Waals surface area contributed by atoms with Crippen LogP contribution >= 0.6 is 0 Å². The van der Waals surface area contributed by atoms with E-state index in [1.54, 1.807) is 18.2 Å². The Bertz CT molecular complexity index is 1080. The molecule has 0 heterocycles. The highest BCUT2D eigenvalue weighted by Gasteiger charge is 2.28. The predicted molar refractivity (Wildman–Crippen MR) is 149 cm³/mol. The van der Waals surface area contributed by atoms with Crippen molar-refractivity contribution in [1.29, 1.82) is 5.26 Å². The highest BCUT2D eigenvalue weighted by molar-refractivity contribution is 5.69. The van der Waals surface area contributed by atoms with Crippen LogP contribution in [0, 0.1) is 23.2 Å². The van der Waals surface area contributed by atoms with Gasteiger partial charge in [-0.2, -0.15) is 5.26 Å². The number of ether oxygens (including phenoxy) is 2. The molecule has 0 unspecified atom stereocenters. The van der Waals surface area contributed by atoms with Crippen molar-refractivity contribution < 1.29 is 19.4 Å². The third kappa shape index (κ3) is 9.13. The molecular formula is C31H43N3O4. The van der Waals surface area contributed by atoms with Crippen molar-refractivity contribution in [3.8, 4) is 11.8 Å². The van der Waals surface area contributed by atoms with Crippen LogP contribution in [0.4, 0.5) is 0 Å². The number of aryl methyl sites for hydroxylation is 1. The molecule has 2 aromatic carbocycles. The third-order valence-corrected chi connectivity index (χ3v) is 7.26. The number of rotatable bonds is 14. The summed E-state index contributed by atoms with van der Waals surface area (Å²) >= 11 is 0. The van der Waals surface area contributed by atoms with E-state index in [1.165, 1.54) is 11.1 Å². The maximum Gasteiger partial charge on any atom is 0.306 e. The average molecular weight is 522 g/mol. The minimum absolute atomic E-state index is 0.0607. The van der Waals surface area contributed by atoms with Gasteiger partial charge in [0.2, 0.25) is 0 Å². The normalized spacial score (nSPS) is 15.1. The summed E-state index contributed by atoms with van der Waals surface area (Å²) in [6.45, 7) is 8.96. The van der Waals surface area contributed by atoms with Gasteiger partial charge in [0.15, 0.2) is 0 Å². The molecule has 0 saturated heterocycles. The Morgan fingerprint density at radius 3 is 2.50 bits per heavy atom. The SMILES string of the molecule is CC(C)[C@H](N)COC(=O)CCc1ccc(C#N)c(OC[C@H](O)CNC(C)(C)CC2Cc3ccccc3C2)c1. The van der Waals surface area contributed by atoms with Crippen molar-refractivity contribution in [3.05, 3.63) is 64.7 Å². The summed E-state index contributed by atoms with van der Waals surface area (Å²) in [5.74, 6) is 0.928. The Hall–Kier alpha value is -2.92. The quantitative estimate of drug-likeness (QED) is 0.322. The molecule has 1 aliphatic carbocycles. The van der Waals surface area contributed by atoms with Gasteiger partial charge in [0, 0.05) is 24.5 Å². The number of benzene rings is 2. The summed E-state index contributed by atoms with van der Waals surface area (Å²) in [7, 11) is 0. The lowest BCUT2D eigenvalue weighted by Gasteiger charge is -2.30. The highest BCUT2D eigenvalue weighted by Crippen LogP contribution is 2.32. The van der Waals surface area contributed by atoms with Crippen molar-refractivity contribution in [2.75, 3.05) is 19.8 Å². The number of aliphatic hydroxyl groups excluding tert-OH is 1. The van der Waals surface area contributed by atoms with Gasteiger partial charge < -0.3 is 25.6 Å². The molecule has 0 saturated carbocycles. The molecular weight excluding hydrogens is 478 g/mol. The van der Waals surface area contributed by atoms with Crippen molar-refractivity contribution in [2.24, 2.45) is 17.6 Å². The van der Waals surface area contributed by atoms with Crippen LogP contribution in [-0.2, 0) is 28.8 Å². The fourth-order valence-corrected chi connectivity index (χ4v) is 4.86. The number of nitriles is 1. The standard InChI is InChI=1S/C31H43N3O4/c1-21(2)28(33)20-38-30(36)12-10-22-9-11-26(17-32)29(15-22)37-19-27(35)18-34-31(3,4)16-23-13-24-7-5-6-8-25(24)14-23/h5-9,11,15,21,23,27-28,34-35H,10,12-14,16,18-20,33H2,1-4H3/t27-,28-/m1/s1. The molecule has 0 aromatic heterocycles. The van der Waals surface area contributed by atoms with Gasteiger partial charge in [-0.25, -0.2) is 0 Å². The van der Waals surface area contributed by atoms with Crippen LogP contribution in [0.3, 0.4) is 0 Å². The molecule has 7 nitrogen and oxygen atoms in total. The summed E-state index contributed by atoms with van der Waals surface area (Å²) < 4.78 is 11.1. The molecule has 3 rings (SSSR count). The lowest BCUT2D eigenvalue weighted by atomic mass is 9.88. The van der Waals surface area contributed by atoms with Crippen LogP contribution in [-0.4, -0.2) is 48.5 Å². The van der Waals surface area contributed by atoms with Crippen molar-refractivity contribution in [2.45, 2.75) is 77.5 Å². The molecule has 4 N–H and O–H groups in total. The maximum absolute atomic E-state index is 12.1. The van der Waals surface area contributed by atoms with Gasteiger partial charge in [0.1, 0.15) is 31.1 Å². The minimum atomic E-state index is -0.731. The topological polar surface area (TPSA) is 118 Å². The predicted octanol–water partition coefficient (Wildman–Crippen LogP) is 3.93. The van der Waals surface area contributed by atoms with E-state index in [-0.39, 0.29) is 43.1 Å². The van der Waals surface area contributed by atoms with E-state index in [2.05, 4.69) is 49.5 Å². The Morgan fingerprint density at radius 2 is 1.87 bits per heavy atom. The van der Waals surface area contributed by atoms with Crippen LogP contribution in [0.5, 0.6) is 5.75 Å². The first-order valence-electron chi connectivity index (χ1n) is 13.6. The molecule has 0 aliphatic heterocycles. The second kappa shape index (κ2) is 13.7. The fourth-order valence-electron chi connectivity index (χ4n) is 4.86. The first-order valence-corrected chi connectivity index (χ1v) is 13.6. The fraction of sp³-hybridized carbons (Fsp3) is 0.548. The first kappa shape index (κ1) is 29.6. The van der Waals surface area contributed by atoms with Gasteiger partial charge in [-0.15, -0.1) is 0 Å². The molecule has 38 heavy (non-hydrogen) atoms. The lowest BCUT2D eigenvalue weighted by Crippen LogP contribution is -2.46. The summed E-state index contributed by atoms with van der Waals surface area (Å²) in [5.41, 5.74) is 9.95. The van der Waals surface area contributed by atoms with E-state index < -0.39 is 6.10 Å². The Labute approximate surface area is 227 Å². The lowest BCUT2D eigenvalue weighted by molar-refractivity contribution is -0.144. The summed E-state index contributed by atoms with van der Waals surface area (Å²) in [6.07, 6.45) is 3.16. The van der Waals surface area contributed by atoms with E-state index in [0.717, 1.165) is 24.8 Å². The molecule has 2 aromatic rings. The highest BCUT2D eigenvalue weighted by atomic mass is 16.5. The van der Waals surface area contributed by atoms with E-state index in [1.807, 2.05) is 13.8 Å². The van der Waals surface area contributed by atoms with Gasteiger partial charge in [-0.05, 0) is 80.2 Å². The molecule has 2 atom stereocenters. The number of carbonyl (C=O) groups is 1. The zero-order valence-corrected chi connectivity index (χ0v) is 23.2. The van der Waals surface area contributed by atoms with Gasteiger partial charge in [-0.1, -0.05) is 44.2 Å². The number of aliphatic hydroxyl groups is 1. The molecule has 0 amide bonds. The van der Waals surface area contributed by atoms with Gasteiger partial charge in [0.25, 0.3) is 0 Å². The van der Waals surface area contributed by atoms with E-state index >= 15 is 0 Å². The molecule has 206 valence electrons. The second-order valence-electron chi connectivity index (χ2n) is 11.5. The van der Waals surface area contributed by atoms with Gasteiger partial charge >= 0.3 is 5.97 Å². The maximum atomic E-state index is 12.1. The number of hydrogen-bond donors (Lipinski definition) is 3. The average Bonchev–Trinajstić information content (AvgIpc) is 3.29. The molecule has 7 heteroatoms. The summed E-state index contributed by atoms with van der Waals surface area (Å²) in [6, 6.07) is 15.8. The molecule has 0 fully saturated rings. The summed E-state index contributed by atoms with van der Waals surface area (Å²) in [4.78, 5) is 12.1. The number of nitrogens with one attached hydrogen (secondary N) is 1. The zero-order chi connectivity index (χ0) is 27.7. The van der Waals surface area contributed by atoms with Crippen LogP contribution < -0.4 is 15.8 Å². The number of carbonyl (C=O) groups excluding carboxylic acids is 1.